The Balaban J connectivity index is 1.53. The highest BCUT2D eigenvalue weighted by atomic mass is 32.2. The van der Waals surface area contributed by atoms with Crippen molar-refractivity contribution in [1.82, 2.24) is 20.9 Å². The Labute approximate surface area is 272 Å². The van der Waals surface area contributed by atoms with Crippen molar-refractivity contribution in [2.24, 2.45) is 0 Å². The number of aliphatic hydroxyl groups excluding tert-OH is 2. The van der Waals surface area contributed by atoms with Crippen LogP contribution >= 0.6 is 23.5 Å². The number of nitrogens with one attached hydrogen (secondary N) is 4. The summed E-state index contributed by atoms with van der Waals surface area (Å²) in [6.07, 6.45) is 1.15. The molecule has 1 aliphatic heterocycles. The first-order valence-corrected chi connectivity index (χ1v) is 16.7. The zero-order valence-electron chi connectivity index (χ0n) is 25.9. The number of anilines is 1. The average molecular weight is 652 g/mol. The number of para-hydroxylation sites is 1. The van der Waals surface area contributed by atoms with Crippen LogP contribution in [0.4, 0.5) is 10.5 Å². The Bertz CT molecular complexity index is 1500. The SMILES string of the molecule is CNC(=O)Nc1ccccc1-c1ccc(CN2Cc3ccc(SC)cc3S[C@@H](NC(=O)CC(C)(C)NC[C@H](O)CO)C2=O)cc1. The van der Waals surface area contributed by atoms with Gasteiger partial charge in [0.15, 0.2) is 5.37 Å². The van der Waals surface area contributed by atoms with Crippen molar-refractivity contribution in [2.45, 2.75) is 60.2 Å². The number of rotatable bonds is 12. The van der Waals surface area contributed by atoms with Crippen LogP contribution in [0.3, 0.4) is 0 Å². The lowest BCUT2D eigenvalue weighted by atomic mass is 10.00. The van der Waals surface area contributed by atoms with E-state index in [1.807, 2.05) is 80.8 Å². The van der Waals surface area contributed by atoms with Gasteiger partial charge < -0.3 is 36.4 Å². The van der Waals surface area contributed by atoms with Gasteiger partial charge in [0.25, 0.3) is 5.91 Å². The molecular formula is C33H41N5O5S2. The first-order chi connectivity index (χ1) is 21.5. The van der Waals surface area contributed by atoms with E-state index < -0.39 is 17.0 Å². The van der Waals surface area contributed by atoms with E-state index in [2.05, 4.69) is 27.3 Å². The number of carbonyl (C=O) groups is 3. The maximum Gasteiger partial charge on any atom is 0.318 e. The van der Waals surface area contributed by atoms with Crippen LogP contribution in [0.1, 0.15) is 31.4 Å². The number of amides is 4. The van der Waals surface area contributed by atoms with Crippen molar-refractivity contribution in [2.75, 3.05) is 31.8 Å². The fourth-order valence-corrected chi connectivity index (χ4v) is 6.60. The number of carbonyl (C=O) groups excluding carboxylic acids is 3. The molecule has 10 nitrogen and oxygen atoms in total. The molecule has 4 rings (SSSR count). The first-order valence-electron chi connectivity index (χ1n) is 14.6. The van der Waals surface area contributed by atoms with Crippen LogP contribution in [0.2, 0.25) is 0 Å². The molecule has 0 radical (unpaired) electrons. The van der Waals surface area contributed by atoms with E-state index in [0.717, 1.165) is 32.0 Å². The topological polar surface area (TPSA) is 143 Å². The van der Waals surface area contributed by atoms with Crippen LogP contribution in [0.5, 0.6) is 0 Å². The Kier molecular flexibility index (Phi) is 11.9. The van der Waals surface area contributed by atoms with E-state index in [4.69, 9.17) is 5.11 Å². The zero-order valence-corrected chi connectivity index (χ0v) is 27.6. The van der Waals surface area contributed by atoms with Crippen LogP contribution < -0.4 is 21.3 Å². The third-order valence-electron chi connectivity index (χ3n) is 7.38. The molecule has 240 valence electrons. The minimum Gasteiger partial charge on any atom is -0.394 e. The van der Waals surface area contributed by atoms with Gasteiger partial charge >= 0.3 is 6.03 Å². The largest absolute Gasteiger partial charge is 0.394 e. The van der Waals surface area contributed by atoms with E-state index in [-0.39, 0.29) is 37.4 Å². The van der Waals surface area contributed by atoms with E-state index in [1.54, 1.807) is 23.7 Å². The summed E-state index contributed by atoms with van der Waals surface area (Å²) in [7, 11) is 1.57. The van der Waals surface area contributed by atoms with Crippen LogP contribution in [-0.4, -0.2) is 76.4 Å². The molecule has 4 amide bonds. The second-order valence-electron chi connectivity index (χ2n) is 11.5. The van der Waals surface area contributed by atoms with Gasteiger partial charge in [-0.1, -0.05) is 60.3 Å². The molecule has 2 atom stereocenters. The molecule has 1 heterocycles. The minimum atomic E-state index is -0.926. The summed E-state index contributed by atoms with van der Waals surface area (Å²) in [6, 6.07) is 21.3. The summed E-state index contributed by atoms with van der Waals surface area (Å²) in [5.74, 6) is -0.490. The van der Waals surface area contributed by atoms with E-state index in [9.17, 15) is 19.5 Å². The van der Waals surface area contributed by atoms with E-state index in [1.165, 1.54) is 11.8 Å². The van der Waals surface area contributed by atoms with Gasteiger partial charge in [0.05, 0.1) is 18.4 Å². The van der Waals surface area contributed by atoms with Crippen molar-refractivity contribution in [3.63, 3.8) is 0 Å². The number of hydrogen-bond donors (Lipinski definition) is 6. The highest BCUT2D eigenvalue weighted by molar-refractivity contribution is 8.01. The molecular weight excluding hydrogens is 611 g/mol. The minimum absolute atomic E-state index is 0.0743. The molecule has 0 aromatic heterocycles. The molecule has 0 bridgehead atoms. The van der Waals surface area contributed by atoms with Crippen LogP contribution in [0.25, 0.3) is 11.1 Å². The van der Waals surface area contributed by atoms with Gasteiger partial charge in [-0.15, -0.1) is 11.8 Å². The summed E-state index contributed by atoms with van der Waals surface area (Å²) in [6.45, 7) is 4.18. The fraction of sp³-hybridized carbons (Fsp3) is 0.364. The molecule has 45 heavy (non-hydrogen) atoms. The summed E-state index contributed by atoms with van der Waals surface area (Å²) in [5.41, 5.74) is 3.75. The molecule has 0 aliphatic carbocycles. The smallest absolute Gasteiger partial charge is 0.318 e. The molecule has 1 aliphatic rings. The number of thioether (sulfide) groups is 2. The molecule has 0 unspecified atom stereocenters. The Hall–Kier alpha value is -3.55. The lowest BCUT2D eigenvalue weighted by molar-refractivity contribution is -0.135. The zero-order chi connectivity index (χ0) is 32.6. The number of fused-ring (bicyclic) bond motifs is 1. The number of hydrogen-bond acceptors (Lipinski definition) is 8. The van der Waals surface area contributed by atoms with Crippen molar-refractivity contribution >= 4 is 47.1 Å². The second kappa shape index (κ2) is 15.6. The molecule has 0 saturated heterocycles. The lowest BCUT2D eigenvalue weighted by Crippen LogP contribution is -2.50. The Morgan fingerprint density at radius 3 is 2.53 bits per heavy atom. The van der Waals surface area contributed by atoms with E-state index in [0.29, 0.717) is 18.8 Å². The number of urea groups is 1. The van der Waals surface area contributed by atoms with Crippen LogP contribution in [0, 0.1) is 0 Å². The fourth-order valence-electron chi connectivity index (χ4n) is 4.91. The van der Waals surface area contributed by atoms with Crippen molar-refractivity contribution < 1.29 is 24.6 Å². The summed E-state index contributed by atoms with van der Waals surface area (Å²) < 4.78 is 0. The molecule has 6 N–H and O–H groups in total. The van der Waals surface area contributed by atoms with Gasteiger partial charge in [-0.25, -0.2) is 4.79 Å². The summed E-state index contributed by atoms with van der Waals surface area (Å²) in [4.78, 5) is 42.9. The molecule has 12 heteroatoms. The highest BCUT2D eigenvalue weighted by Gasteiger charge is 2.33. The molecule has 3 aromatic carbocycles. The molecule has 0 fully saturated rings. The predicted molar refractivity (Wildman–Crippen MR) is 180 cm³/mol. The standard InChI is InChI=1S/C33H41N5O5S2/c1-33(2,35-17-24(40)20-39)16-29(41)37-30-31(42)38(19-23-13-14-25(44-4)15-28(23)45-30)18-21-9-11-22(12-10-21)26-7-5-6-8-27(26)36-32(43)34-3/h5-15,24,30,35,39-40H,16-20H2,1-4H3,(H,37,41)(H2,34,36,43)/t24-,30+/m0/s1. The van der Waals surface area contributed by atoms with Crippen LogP contribution in [0.15, 0.2) is 76.5 Å². The third kappa shape index (κ3) is 9.47. The van der Waals surface area contributed by atoms with E-state index >= 15 is 0 Å². The predicted octanol–water partition coefficient (Wildman–Crippen LogP) is 4.02. The Morgan fingerprint density at radius 1 is 1.11 bits per heavy atom. The number of benzene rings is 3. The quantitative estimate of drug-likeness (QED) is 0.161. The summed E-state index contributed by atoms with van der Waals surface area (Å²) in [5, 5.41) is 29.5. The maximum atomic E-state index is 14.0. The second-order valence-corrected chi connectivity index (χ2v) is 13.5. The van der Waals surface area contributed by atoms with Gasteiger partial charge in [-0.05, 0) is 55.0 Å². The van der Waals surface area contributed by atoms with Gasteiger partial charge in [-0.3, -0.25) is 9.59 Å². The van der Waals surface area contributed by atoms with Crippen molar-refractivity contribution in [1.29, 1.82) is 0 Å². The lowest BCUT2D eigenvalue weighted by Gasteiger charge is -2.29. The van der Waals surface area contributed by atoms with Crippen molar-refractivity contribution in [3.8, 4) is 11.1 Å². The normalized spacial score (nSPS) is 15.6. The maximum absolute atomic E-state index is 14.0. The number of β-amino-alcohol motifs (C(OH)–C–C–N with tert-alkyl or cyclic N) is 1. The first kappa shape index (κ1) is 34.3. The Morgan fingerprint density at radius 2 is 1.84 bits per heavy atom. The van der Waals surface area contributed by atoms with Gasteiger partial charge in [0.1, 0.15) is 0 Å². The van der Waals surface area contributed by atoms with Gasteiger partial charge in [-0.2, -0.15) is 0 Å². The number of nitrogens with zero attached hydrogens (tertiary/aromatic N) is 1. The average Bonchev–Trinajstić information content (AvgIpc) is 3.15. The monoisotopic (exact) mass is 651 g/mol. The van der Waals surface area contributed by atoms with Gasteiger partial charge in [0.2, 0.25) is 5.91 Å². The van der Waals surface area contributed by atoms with Crippen LogP contribution in [-0.2, 0) is 22.7 Å². The third-order valence-corrected chi connectivity index (χ3v) is 9.29. The molecule has 0 spiro atoms. The van der Waals surface area contributed by atoms with Gasteiger partial charge in [0, 0.05) is 54.0 Å². The highest BCUT2D eigenvalue weighted by Crippen LogP contribution is 2.35. The number of aliphatic hydroxyl groups is 2. The molecule has 3 aromatic rings. The molecule has 0 saturated carbocycles. The summed E-state index contributed by atoms with van der Waals surface area (Å²) >= 11 is 2.96. The van der Waals surface area contributed by atoms with Crippen molar-refractivity contribution in [3.05, 3.63) is 77.9 Å².